The summed E-state index contributed by atoms with van der Waals surface area (Å²) in [5.74, 6) is -0.888. The summed E-state index contributed by atoms with van der Waals surface area (Å²) in [6.45, 7) is 0.935. The van der Waals surface area contributed by atoms with Crippen molar-refractivity contribution < 1.29 is 19.4 Å². The molecule has 0 aromatic carbocycles. The lowest BCUT2D eigenvalue weighted by atomic mass is 10.2. The lowest BCUT2D eigenvalue weighted by molar-refractivity contribution is -0.138. The second-order valence-corrected chi connectivity index (χ2v) is 3.41. The minimum absolute atomic E-state index is 0.000309. The summed E-state index contributed by atoms with van der Waals surface area (Å²) in [6, 6.07) is 0. The summed E-state index contributed by atoms with van der Waals surface area (Å²) in [5, 5.41) is 8.44. The molecule has 0 aliphatic heterocycles. The van der Waals surface area contributed by atoms with Crippen LogP contribution in [-0.2, 0) is 14.3 Å². The van der Waals surface area contributed by atoms with Crippen molar-refractivity contribution in [1.82, 2.24) is 4.90 Å². The van der Waals surface area contributed by atoms with E-state index < -0.39 is 5.97 Å². The zero-order valence-electron chi connectivity index (χ0n) is 9.36. The van der Waals surface area contributed by atoms with Crippen LogP contribution in [0.15, 0.2) is 0 Å². The molecule has 0 rings (SSSR count). The number of carbonyl (C=O) groups is 2. The number of unbranched alkanes of at least 4 members (excludes halogenated alkanes) is 1. The van der Waals surface area contributed by atoms with Crippen molar-refractivity contribution in [3.8, 4) is 0 Å². The van der Waals surface area contributed by atoms with Crippen LogP contribution >= 0.6 is 0 Å². The number of amides is 1. The van der Waals surface area contributed by atoms with Crippen LogP contribution in [0.4, 0.5) is 0 Å². The number of carbonyl (C=O) groups excluding carboxylic acids is 1. The highest BCUT2D eigenvalue weighted by Gasteiger charge is 2.09. The van der Waals surface area contributed by atoms with Gasteiger partial charge in [-0.3, -0.25) is 9.59 Å². The summed E-state index contributed by atoms with van der Waals surface area (Å²) in [6.07, 6.45) is 2.10. The van der Waals surface area contributed by atoms with E-state index in [2.05, 4.69) is 0 Å². The van der Waals surface area contributed by atoms with Crippen LogP contribution < -0.4 is 0 Å². The molecular weight excluding hydrogens is 198 g/mol. The number of hydrogen-bond acceptors (Lipinski definition) is 3. The molecule has 1 amide bonds. The quantitative estimate of drug-likeness (QED) is 0.609. The third-order valence-corrected chi connectivity index (χ3v) is 2.08. The molecule has 0 atom stereocenters. The Balaban J connectivity index is 3.55. The molecule has 0 aliphatic carbocycles. The number of rotatable bonds is 8. The number of methoxy groups -OCH3 is 1. The molecule has 0 saturated heterocycles. The van der Waals surface area contributed by atoms with Crippen molar-refractivity contribution in [3.05, 3.63) is 0 Å². The minimum atomic E-state index is -0.881. The second kappa shape index (κ2) is 8.23. The summed E-state index contributed by atoms with van der Waals surface area (Å²) < 4.78 is 4.86. The lowest BCUT2D eigenvalue weighted by Gasteiger charge is -2.15. The van der Waals surface area contributed by atoms with Crippen LogP contribution in [0.25, 0.3) is 0 Å². The van der Waals surface area contributed by atoms with Crippen LogP contribution in [0.5, 0.6) is 0 Å². The predicted octanol–water partition coefficient (Wildman–Crippen LogP) is 0.736. The lowest BCUT2D eigenvalue weighted by Crippen LogP contribution is -2.28. The van der Waals surface area contributed by atoms with Gasteiger partial charge in [0.15, 0.2) is 0 Å². The molecule has 0 unspecified atom stereocenters. The molecule has 0 radical (unpaired) electrons. The Morgan fingerprint density at radius 2 is 1.93 bits per heavy atom. The van der Waals surface area contributed by atoms with Gasteiger partial charge >= 0.3 is 5.97 Å². The number of carboxylic acid groups (broad SMARTS) is 1. The standard InChI is InChI=1S/C10H19NO4/c1-11(7-6-10(13)14)9(12)5-3-4-8-15-2/h3-8H2,1-2H3,(H,13,14). The van der Waals surface area contributed by atoms with E-state index in [0.717, 1.165) is 12.8 Å². The van der Waals surface area contributed by atoms with Crippen LogP contribution in [0.3, 0.4) is 0 Å². The van der Waals surface area contributed by atoms with Gasteiger partial charge in [-0.1, -0.05) is 0 Å². The van der Waals surface area contributed by atoms with Crippen molar-refractivity contribution in [2.45, 2.75) is 25.7 Å². The average Bonchev–Trinajstić information content (AvgIpc) is 2.20. The summed E-state index contributed by atoms with van der Waals surface area (Å²) >= 11 is 0. The molecule has 5 nitrogen and oxygen atoms in total. The van der Waals surface area contributed by atoms with Crippen molar-refractivity contribution in [2.75, 3.05) is 27.3 Å². The van der Waals surface area contributed by atoms with E-state index in [1.165, 1.54) is 4.90 Å². The SMILES string of the molecule is COCCCCC(=O)N(C)CCC(=O)O. The average molecular weight is 217 g/mol. The second-order valence-electron chi connectivity index (χ2n) is 3.41. The van der Waals surface area contributed by atoms with Crippen molar-refractivity contribution >= 4 is 11.9 Å². The maximum Gasteiger partial charge on any atom is 0.305 e. The monoisotopic (exact) mass is 217 g/mol. The van der Waals surface area contributed by atoms with Gasteiger partial charge in [0, 0.05) is 33.7 Å². The zero-order chi connectivity index (χ0) is 11.7. The highest BCUT2D eigenvalue weighted by atomic mass is 16.5. The normalized spacial score (nSPS) is 10.0. The molecule has 0 saturated carbocycles. The highest BCUT2D eigenvalue weighted by Crippen LogP contribution is 2.00. The fourth-order valence-corrected chi connectivity index (χ4v) is 1.10. The molecule has 88 valence electrons. The van der Waals surface area contributed by atoms with Gasteiger partial charge in [-0.05, 0) is 12.8 Å². The van der Waals surface area contributed by atoms with Crippen molar-refractivity contribution in [1.29, 1.82) is 0 Å². The van der Waals surface area contributed by atoms with E-state index in [9.17, 15) is 9.59 Å². The van der Waals surface area contributed by atoms with Crippen molar-refractivity contribution in [3.63, 3.8) is 0 Å². The summed E-state index contributed by atoms with van der Waals surface area (Å²) in [7, 11) is 3.25. The molecule has 15 heavy (non-hydrogen) atoms. The Bertz CT molecular complexity index is 206. The molecule has 0 spiro atoms. The van der Waals surface area contributed by atoms with Gasteiger partial charge in [0.1, 0.15) is 0 Å². The van der Waals surface area contributed by atoms with Gasteiger partial charge in [0.05, 0.1) is 6.42 Å². The van der Waals surface area contributed by atoms with Crippen LogP contribution in [-0.4, -0.2) is 49.2 Å². The van der Waals surface area contributed by atoms with E-state index in [0.29, 0.717) is 13.0 Å². The Kier molecular flexibility index (Phi) is 7.62. The van der Waals surface area contributed by atoms with Gasteiger partial charge < -0.3 is 14.7 Å². The maximum atomic E-state index is 11.4. The summed E-state index contributed by atoms with van der Waals surface area (Å²) in [4.78, 5) is 23.1. The van der Waals surface area contributed by atoms with E-state index in [-0.39, 0.29) is 18.9 Å². The number of hydrogen-bond donors (Lipinski definition) is 1. The van der Waals surface area contributed by atoms with E-state index in [4.69, 9.17) is 9.84 Å². The van der Waals surface area contributed by atoms with E-state index in [1.54, 1.807) is 14.2 Å². The summed E-state index contributed by atoms with van der Waals surface area (Å²) in [5.41, 5.74) is 0. The van der Waals surface area contributed by atoms with Crippen LogP contribution in [0.2, 0.25) is 0 Å². The molecule has 0 bridgehead atoms. The molecule has 0 aromatic rings. The Hall–Kier alpha value is -1.10. The first-order chi connectivity index (χ1) is 7.07. The topological polar surface area (TPSA) is 66.8 Å². The Labute approximate surface area is 90.0 Å². The third-order valence-electron chi connectivity index (χ3n) is 2.08. The first-order valence-electron chi connectivity index (χ1n) is 5.02. The van der Waals surface area contributed by atoms with E-state index >= 15 is 0 Å². The van der Waals surface area contributed by atoms with E-state index in [1.807, 2.05) is 0 Å². The molecule has 0 fully saturated rings. The first-order valence-corrected chi connectivity index (χ1v) is 5.02. The third kappa shape index (κ3) is 7.93. The smallest absolute Gasteiger partial charge is 0.305 e. The van der Waals surface area contributed by atoms with Gasteiger partial charge in [-0.25, -0.2) is 0 Å². The number of carboxylic acids is 1. The number of aliphatic carboxylic acids is 1. The van der Waals surface area contributed by atoms with Gasteiger partial charge in [-0.2, -0.15) is 0 Å². The van der Waals surface area contributed by atoms with Crippen LogP contribution in [0.1, 0.15) is 25.7 Å². The number of nitrogens with zero attached hydrogens (tertiary/aromatic N) is 1. The fraction of sp³-hybridized carbons (Fsp3) is 0.800. The predicted molar refractivity (Wildman–Crippen MR) is 55.6 cm³/mol. The molecule has 0 aromatic heterocycles. The molecule has 5 heteroatoms. The highest BCUT2D eigenvalue weighted by molar-refractivity contribution is 5.76. The largest absolute Gasteiger partial charge is 0.481 e. The molecular formula is C10H19NO4. The fourth-order valence-electron chi connectivity index (χ4n) is 1.10. The van der Waals surface area contributed by atoms with Gasteiger partial charge in [0.2, 0.25) is 5.91 Å². The van der Waals surface area contributed by atoms with Crippen molar-refractivity contribution in [2.24, 2.45) is 0 Å². The maximum absolute atomic E-state index is 11.4. The number of ether oxygens (including phenoxy) is 1. The minimum Gasteiger partial charge on any atom is -0.481 e. The molecule has 0 heterocycles. The Morgan fingerprint density at radius 1 is 1.27 bits per heavy atom. The Morgan fingerprint density at radius 3 is 2.47 bits per heavy atom. The van der Waals surface area contributed by atoms with Gasteiger partial charge in [-0.15, -0.1) is 0 Å². The zero-order valence-corrected chi connectivity index (χ0v) is 9.36. The first kappa shape index (κ1) is 13.9. The molecule has 1 N–H and O–H groups in total. The molecule has 0 aliphatic rings. The van der Waals surface area contributed by atoms with Gasteiger partial charge in [0.25, 0.3) is 0 Å². The van der Waals surface area contributed by atoms with Crippen LogP contribution in [0, 0.1) is 0 Å².